The molecule has 0 amide bonds. The molecule has 2 nitrogen and oxygen atoms in total. The number of ether oxygens (including phenoxy) is 1. The lowest BCUT2D eigenvalue weighted by atomic mass is 9.75. The van der Waals surface area contributed by atoms with Crippen molar-refractivity contribution >= 4 is 11.6 Å². The first-order chi connectivity index (χ1) is 13.7. The predicted molar refractivity (Wildman–Crippen MR) is 112 cm³/mol. The van der Waals surface area contributed by atoms with Crippen LogP contribution >= 0.6 is 11.6 Å². The van der Waals surface area contributed by atoms with Gasteiger partial charge < -0.3 is 9.84 Å². The van der Waals surface area contributed by atoms with Crippen molar-refractivity contribution < 1.29 is 9.84 Å². The zero-order valence-electron chi connectivity index (χ0n) is 15.0. The lowest BCUT2D eigenvalue weighted by molar-refractivity contribution is 0.113. The highest BCUT2D eigenvalue weighted by Crippen LogP contribution is 2.51. The monoisotopic (exact) mass is 384 g/mol. The highest BCUT2D eigenvalue weighted by molar-refractivity contribution is 6.30. The third-order valence-electron chi connectivity index (χ3n) is 5.25. The quantitative estimate of drug-likeness (QED) is 0.433. The van der Waals surface area contributed by atoms with Crippen LogP contribution in [-0.2, 0) is 5.60 Å². The molecule has 5 rings (SSSR count). The van der Waals surface area contributed by atoms with Gasteiger partial charge in [0.1, 0.15) is 17.1 Å². The smallest absolute Gasteiger partial charge is 0.148 e. The molecule has 1 aliphatic rings. The van der Waals surface area contributed by atoms with Crippen LogP contribution in [-0.4, -0.2) is 5.11 Å². The van der Waals surface area contributed by atoms with Crippen LogP contribution in [0.2, 0.25) is 5.02 Å². The van der Waals surface area contributed by atoms with Gasteiger partial charge in [0, 0.05) is 21.7 Å². The van der Waals surface area contributed by atoms with Gasteiger partial charge in [-0.05, 0) is 35.4 Å². The molecule has 0 saturated heterocycles. The van der Waals surface area contributed by atoms with E-state index < -0.39 is 5.60 Å². The maximum Gasteiger partial charge on any atom is 0.148 e. The fourth-order valence-electron chi connectivity index (χ4n) is 3.94. The molecular formula is C25H17ClO2. The minimum Gasteiger partial charge on any atom is -0.457 e. The van der Waals surface area contributed by atoms with Gasteiger partial charge in [0.2, 0.25) is 0 Å². The average Bonchev–Trinajstić information content (AvgIpc) is 2.75. The molecule has 3 heteroatoms. The summed E-state index contributed by atoms with van der Waals surface area (Å²) >= 11 is 6.08. The summed E-state index contributed by atoms with van der Waals surface area (Å²) in [6, 6.07) is 30.9. The van der Waals surface area contributed by atoms with Crippen molar-refractivity contribution in [2.75, 3.05) is 0 Å². The molecule has 0 unspecified atom stereocenters. The first kappa shape index (κ1) is 17.1. The molecule has 0 saturated carbocycles. The van der Waals surface area contributed by atoms with E-state index in [2.05, 4.69) is 0 Å². The van der Waals surface area contributed by atoms with Crippen molar-refractivity contribution in [3.63, 3.8) is 0 Å². The molecule has 0 aromatic heterocycles. The van der Waals surface area contributed by atoms with Gasteiger partial charge in [0.25, 0.3) is 0 Å². The van der Waals surface area contributed by atoms with Crippen molar-refractivity contribution in [2.24, 2.45) is 0 Å². The van der Waals surface area contributed by atoms with E-state index in [9.17, 15) is 5.11 Å². The minimum atomic E-state index is -1.33. The standard InChI is InChI=1S/C25H17ClO2/c26-18-15-13-17(14-16-18)19-7-1-2-8-20(19)25(27)21-9-3-5-11-23(21)28-24-12-6-4-10-22(24)25/h1-16,27H. The number of hydrogen-bond acceptors (Lipinski definition) is 2. The lowest BCUT2D eigenvalue weighted by Gasteiger charge is -2.37. The average molecular weight is 385 g/mol. The summed E-state index contributed by atoms with van der Waals surface area (Å²) in [4.78, 5) is 0. The Balaban J connectivity index is 1.82. The van der Waals surface area contributed by atoms with Crippen molar-refractivity contribution in [2.45, 2.75) is 5.60 Å². The van der Waals surface area contributed by atoms with Crippen LogP contribution in [0.3, 0.4) is 0 Å². The van der Waals surface area contributed by atoms with Crippen LogP contribution in [0, 0.1) is 0 Å². The summed E-state index contributed by atoms with van der Waals surface area (Å²) in [6.07, 6.45) is 0. The Bertz CT molecular complexity index is 1120. The van der Waals surface area contributed by atoms with Gasteiger partial charge in [-0.2, -0.15) is 0 Å². The Morgan fingerprint density at radius 3 is 1.71 bits per heavy atom. The van der Waals surface area contributed by atoms with E-state index in [1.165, 1.54) is 0 Å². The van der Waals surface area contributed by atoms with Crippen molar-refractivity contribution in [3.05, 3.63) is 119 Å². The van der Waals surface area contributed by atoms with Gasteiger partial charge in [-0.1, -0.05) is 84.4 Å². The molecule has 28 heavy (non-hydrogen) atoms. The van der Waals surface area contributed by atoms with Crippen LogP contribution < -0.4 is 4.74 Å². The van der Waals surface area contributed by atoms with Crippen LogP contribution in [0.25, 0.3) is 11.1 Å². The largest absolute Gasteiger partial charge is 0.457 e. The molecule has 136 valence electrons. The topological polar surface area (TPSA) is 29.5 Å². The van der Waals surface area contributed by atoms with E-state index in [0.717, 1.165) is 27.8 Å². The molecule has 0 aliphatic carbocycles. The molecule has 1 aliphatic heterocycles. The number of hydrogen-bond donors (Lipinski definition) is 1. The summed E-state index contributed by atoms with van der Waals surface area (Å²) in [5, 5.41) is 12.9. The number of rotatable bonds is 2. The van der Waals surface area contributed by atoms with Crippen LogP contribution in [0.1, 0.15) is 16.7 Å². The van der Waals surface area contributed by atoms with E-state index in [-0.39, 0.29) is 0 Å². The molecule has 0 fully saturated rings. The number of para-hydroxylation sites is 2. The minimum absolute atomic E-state index is 0.662. The van der Waals surface area contributed by atoms with Gasteiger partial charge in [-0.25, -0.2) is 0 Å². The number of fused-ring (bicyclic) bond motifs is 2. The molecule has 0 bridgehead atoms. The Morgan fingerprint density at radius 1 is 0.607 bits per heavy atom. The van der Waals surface area contributed by atoms with Crippen LogP contribution in [0.5, 0.6) is 11.5 Å². The Morgan fingerprint density at radius 2 is 1.11 bits per heavy atom. The van der Waals surface area contributed by atoms with E-state index >= 15 is 0 Å². The first-order valence-corrected chi connectivity index (χ1v) is 9.50. The molecule has 0 radical (unpaired) electrons. The number of halogens is 1. The number of aliphatic hydroxyl groups is 1. The van der Waals surface area contributed by atoms with Crippen molar-refractivity contribution in [3.8, 4) is 22.6 Å². The van der Waals surface area contributed by atoms with E-state index in [4.69, 9.17) is 16.3 Å². The van der Waals surface area contributed by atoms with Gasteiger partial charge in [-0.3, -0.25) is 0 Å². The van der Waals surface area contributed by atoms with Crippen LogP contribution in [0.4, 0.5) is 0 Å². The van der Waals surface area contributed by atoms with Gasteiger partial charge in [-0.15, -0.1) is 0 Å². The predicted octanol–water partition coefficient (Wildman–Crippen LogP) is 6.40. The van der Waals surface area contributed by atoms with Crippen molar-refractivity contribution in [1.82, 2.24) is 0 Å². The maximum atomic E-state index is 12.2. The third kappa shape index (κ3) is 2.54. The highest BCUT2D eigenvalue weighted by Gasteiger charge is 2.43. The number of benzene rings is 4. The second kappa shape index (κ2) is 6.52. The fraction of sp³-hybridized carbons (Fsp3) is 0.0400. The molecule has 4 aromatic carbocycles. The zero-order valence-corrected chi connectivity index (χ0v) is 15.7. The second-order valence-corrected chi connectivity index (χ2v) is 7.29. The lowest BCUT2D eigenvalue weighted by Crippen LogP contribution is -2.33. The van der Waals surface area contributed by atoms with Gasteiger partial charge >= 0.3 is 0 Å². The van der Waals surface area contributed by atoms with Gasteiger partial charge in [0.15, 0.2) is 0 Å². The Kier molecular flexibility index (Phi) is 3.97. The molecule has 1 heterocycles. The SMILES string of the molecule is OC1(c2ccccc2-c2ccc(Cl)cc2)c2ccccc2Oc2ccccc21. The summed E-state index contributed by atoms with van der Waals surface area (Å²) in [5.74, 6) is 1.32. The Hall–Kier alpha value is -3.07. The van der Waals surface area contributed by atoms with Gasteiger partial charge in [0.05, 0.1) is 0 Å². The molecule has 4 aromatic rings. The Labute approximate surface area is 168 Å². The first-order valence-electron chi connectivity index (χ1n) is 9.12. The second-order valence-electron chi connectivity index (χ2n) is 6.86. The van der Waals surface area contributed by atoms with E-state index in [1.54, 1.807) is 0 Å². The summed E-state index contributed by atoms with van der Waals surface area (Å²) in [7, 11) is 0. The molecule has 0 atom stereocenters. The summed E-state index contributed by atoms with van der Waals surface area (Å²) in [6.45, 7) is 0. The molecule has 1 N–H and O–H groups in total. The molecular weight excluding hydrogens is 368 g/mol. The fourth-order valence-corrected chi connectivity index (χ4v) is 4.07. The highest BCUT2D eigenvalue weighted by atomic mass is 35.5. The molecule has 0 spiro atoms. The van der Waals surface area contributed by atoms with E-state index in [0.29, 0.717) is 16.5 Å². The summed E-state index contributed by atoms with van der Waals surface area (Å²) in [5.41, 5.74) is 2.88. The van der Waals surface area contributed by atoms with E-state index in [1.807, 2.05) is 97.1 Å². The maximum absolute atomic E-state index is 12.2. The third-order valence-corrected chi connectivity index (χ3v) is 5.50. The van der Waals surface area contributed by atoms with Crippen molar-refractivity contribution in [1.29, 1.82) is 0 Å². The van der Waals surface area contributed by atoms with Crippen LogP contribution in [0.15, 0.2) is 97.1 Å². The summed E-state index contributed by atoms with van der Waals surface area (Å²) < 4.78 is 6.08. The zero-order chi connectivity index (χ0) is 19.1. The normalized spacial score (nSPS) is 13.9.